The van der Waals surface area contributed by atoms with Crippen molar-refractivity contribution in [3.05, 3.63) is 71.5 Å². The first-order chi connectivity index (χ1) is 13.5. The number of β-lactam (4-membered cyclic amide) rings is 1. The van der Waals surface area contributed by atoms with Crippen molar-refractivity contribution in [2.45, 2.75) is 51.0 Å². The number of hydrogen-bond donors (Lipinski definition) is 0. The first kappa shape index (κ1) is 20.4. The van der Waals surface area contributed by atoms with E-state index in [2.05, 4.69) is 20.8 Å². The molecule has 0 bridgehead atoms. The molecule has 0 radical (unpaired) electrons. The van der Waals surface area contributed by atoms with Gasteiger partial charge in [0, 0.05) is 5.56 Å². The number of halogens is 1. The quantitative estimate of drug-likeness (QED) is 0.376. The van der Waals surface area contributed by atoms with Crippen LogP contribution >= 0.6 is 0 Å². The van der Waals surface area contributed by atoms with Crippen molar-refractivity contribution in [1.82, 2.24) is 4.90 Å². The standard InChI is InChI=1S/C22H26FNO3Si/c1-4-28(5-2,6-3)27-20-19(16-10-8-7-9-11-16)24(22(20)26)21(25)17-12-14-18(23)15-13-17/h7-15,19-20H,4-6H2,1-3H3/t19-,20+/m1/s1. The zero-order chi connectivity index (χ0) is 20.3. The maximum Gasteiger partial charge on any atom is 0.261 e. The number of rotatable bonds is 7. The lowest BCUT2D eigenvalue weighted by molar-refractivity contribution is -0.158. The second kappa shape index (κ2) is 8.37. The van der Waals surface area contributed by atoms with Crippen molar-refractivity contribution in [2.24, 2.45) is 0 Å². The Balaban J connectivity index is 1.93. The monoisotopic (exact) mass is 399 g/mol. The smallest absolute Gasteiger partial charge is 0.261 e. The number of hydrogen-bond acceptors (Lipinski definition) is 3. The summed E-state index contributed by atoms with van der Waals surface area (Å²) in [6.07, 6.45) is -0.640. The molecule has 1 saturated heterocycles. The van der Waals surface area contributed by atoms with E-state index in [-0.39, 0.29) is 5.91 Å². The van der Waals surface area contributed by atoms with Gasteiger partial charge in [-0.1, -0.05) is 51.1 Å². The number of likely N-dealkylation sites (tertiary alicyclic amines) is 1. The minimum Gasteiger partial charge on any atom is -0.403 e. The normalized spacial score (nSPS) is 19.4. The van der Waals surface area contributed by atoms with Crippen LogP contribution in [-0.4, -0.2) is 31.1 Å². The minimum atomic E-state index is -2.03. The van der Waals surface area contributed by atoms with Gasteiger partial charge in [0.25, 0.3) is 11.8 Å². The second-order valence-electron chi connectivity index (χ2n) is 7.16. The molecule has 0 N–H and O–H groups in total. The number of carbonyl (C=O) groups excluding carboxylic acids is 2. The lowest BCUT2D eigenvalue weighted by Crippen LogP contribution is -2.64. The van der Waals surface area contributed by atoms with E-state index in [1.54, 1.807) is 0 Å². The topological polar surface area (TPSA) is 46.6 Å². The fourth-order valence-electron chi connectivity index (χ4n) is 3.78. The largest absolute Gasteiger partial charge is 0.403 e. The zero-order valence-corrected chi connectivity index (χ0v) is 17.5. The van der Waals surface area contributed by atoms with Crippen molar-refractivity contribution in [3.63, 3.8) is 0 Å². The van der Waals surface area contributed by atoms with Crippen molar-refractivity contribution in [2.75, 3.05) is 0 Å². The second-order valence-corrected chi connectivity index (χ2v) is 11.9. The summed E-state index contributed by atoms with van der Waals surface area (Å²) in [5, 5.41) is 0. The Hall–Kier alpha value is -2.31. The molecule has 2 atom stereocenters. The van der Waals surface area contributed by atoms with Crippen LogP contribution in [0.5, 0.6) is 0 Å². The molecule has 1 aliphatic heterocycles. The Labute approximate surface area is 166 Å². The molecule has 28 heavy (non-hydrogen) atoms. The van der Waals surface area contributed by atoms with Gasteiger partial charge in [0.15, 0.2) is 14.4 Å². The van der Waals surface area contributed by atoms with Gasteiger partial charge in [-0.3, -0.25) is 14.5 Å². The van der Waals surface area contributed by atoms with Gasteiger partial charge in [0.2, 0.25) is 0 Å². The lowest BCUT2D eigenvalue weighted by Gasteiger charge is -2.48. The number of benzene rings is 2. The minimum absolute atomic E-state index is 0.291. The van der Waals surface area contributed by atoms with E-state index in [0.29, 0.717) is 5.56 Å². The van der Waals surface area contributed by atoms with Crippen LogP contribution in [0.4, 0.5) is 4.39 Å². The van der Waals surface area contributed by atoms with Crippen LogP contribution in [0.15, 0.2) is 54.6 Å². The van der Waals surface area contributed by atoms with E-state index < -0.39 is 32.2 Å². The molecule has 2 amide bonds. The van der Waals surface area contributed by atoms with Gasteiger partial charge < -0.3 is 4.43 Å². The molecule has 2 aromatic rings. The van der Waals surface area contributed by atoms with E-state index in [0.717, 1.165) is 23.7 Å². The van der Waals surface area contributed by atoms with Crippen LogP contribution in [0.2, 0.25) is 18.1 Å². The Bertz CT molecular complexity index is 828. The highest BCUT2D eigenvalue weighted by atomic mass is 28.4. The van der Waals surface area contributed by atoms with Crippen LogP contribution in [0.25, 0.3) is 0 Å². The molecule has 0 aromatic heterocycles. The van der Waals surface area contributed by atoms with E-state index >= 15 is 0 Å². The van der Waals surface area contributed by atoms with Crippen molar-refractivity contribution in [3.8, 4) is 0 Å². The molecule has 2 aromatic carbocycles. The third-order valence-corrected chi connectivity index (χ3v) is 10.4. The first-order valence-corrected chi connectivity index (χ1v) is 12.3. The van der Waals surface area contributed by atoms with Gasteiger partial charge in [-0.25, -0.2) is 4.39 Å². The Kier molecular flexibility index (Phi) is 6.10. The molecular formula is C22H26FNO3Si. The molecule has 0 aliphatic carbocycles. The highest BCUT2D eigenvalue weighted by Crippen LogP contribution is 2.41. The highest BCUT2D eigenvalue weighted by Gasteiger charge is 2.54. The Morgan fingerprint density at radius 3 is 2.11 bits per heavy atom. The van der Waals surface area contributed by atoms with Crippen LogP contribution in [0.3, 0.4) is 0 Å². The van der Waals surface area contributed by atoms with Crippen molar-refractivity contribution >= 4 is 20.1 Å². The third kappa shape index (κ3) is 3.66. The first-order valence-electron chi connectivity index (χ1n) is 9.82. The summed E-state index contributed by atoms with van der Waals surface area (Å²) in [6.45, 7) is 6.34. The summed E-state index contributed by atoms with van der Waals surface area (Å²) in [6, 6.07) is 17.1. The highest BCUT2D eigenvalue weighted by molar-refractivity contribution is 6.73. The fraction of sp³-hybridized carbons (Fsp3) is 0.364. The van der Waals surface area contributed by atoms with E-state index in [4.69, 9.17) is 4.43 Å². The lowest BCUT2D eigenvalue weighted by atomic mass is 9.90. The molecule has 1 fully saturated rings. The van der Waals surface area contributed by atoms with Crippen LogP contribution < -0.4 is 0 Å². The molecule has 0 unspecified atom stereocenters. The third-order valence-electron chi connectivity index (χ3n) is 5.81. The fourth-order valence-corrected chi connectivity index (χ4v) is 6.55. The molecule has 1 heterocycles. The summed E-state index contributed by atoms with van der Waals surface area (Å²) in [4.78, 5) is 27.2. The van der Waals surface area contributed by atoms with Gasteiger partial charge in [0.05, 0.1) is 6.04 Å². The van der Waals surface area contributed by atoms with Gasteiger partial charge in [-0.2, -0.15) is 0 Å². The van der Waals surface area contributed by atoms with E-state index in [1.807, 2.05) is 30.3 Å². The number of carbonyl (C=O) groups is 2. The molecule has 1 aliphatic rings. The molecular weight excluding hydrogens is 373 g/mol. The van der Waals surface area contributed by atoms with Crippen molar-refractivity contribution in [1.29, 1.82) is 0 Å². The average molecular weight is 400 g/mol. The summed E-state index contributed by atoms with van der Waals surface area (Å²) in [5.74, 6) is -1.15. The molecule has 6 heteroatoms. The summed E-state index contributed by atoms with van der Waals surface area (Å²) < 4.78 is 19.7. The molecule has 3 rings (SSSR count). The maximum atomic E-state index is 13.2. The SMILES string of the molecule is CC[Si](CC)(CC)O[C@@H]1C(=O)N(C(=O)c2ccc(F)cc2)[C@@H]1c1ccccc1. The van der Waals surface area contributed by atoms with Crippen LogP contribution in [0.1, 0.15) is 42.7 Å². The maximum absolute atomic E-state index is 13.2. The summed E-state index contributed by atoms with van der Waals surface area (Å²) in [5.41, 5.74) is 1.16. The molecule has 0 spiro atoms. The predicted octanol–water partition coefficient (Wildman–Crippen LogP) is 4.94. The summed E-state index contributed by atoms with van der Waals surface area (Å²) >= 11 is 0. The Morgan fingerprint density at radius 2 is 1.57 bits per heavy atom. The molecule has 148 valence electrons. The zero-order valence-electron chi connectivity index (χ0n) is 16.5. The summed E-state index contributed by atoms with van der Waals surface area (Å²) in [7, 11) is -2.03. The predicted molar refractivity (Wildman–Crippen MR) is 109 cm³/mol. The number of imide groups is 1. The molecule has 4 nitrogen and oxygen atoms in total. The Morgan fingerprint density at radius 1 is 1.00 bits per heavy atom. The van der Waals surface area contributed by atoms with Gasteiger partial charge in [-0.15, -0.1) is 0 Å². The van der Waals surface area contributed by atoms with Gasteiger partial charge >= 0.3 is 0 Å². The average Bonchev–Trinajstić information content (AvgIpc) is 2.74. The molecule has 0 saturated carbocycles. The van der Waals surface area contributed by atoms with E-state index in [9.17, 15) is 14.0 Å². The van der Waals surface area contributed by atoms with Gasteiger partial charge in [-0.05, 0) is 48.0 Å². The van der Waals surface area contributed by atoms with E-state index in [1.165, 1.54) is 29.2 Å². The van der Waals surface area contributed by atoms with Crippen LogP contribution in [0, 0.1) is 5.82 Å². The number of amides is 2. The number of nitrogens with zero attached hydrogens (tertiary/aromatic N) is 1. The van der Waals surface area contributed by atoms with Crippen molar-refractivity contribution < 1.29 is 18.4 Å². The van der Waals surface area contributed by atoms with Gasteiger partial charge in [0.1, 0.15) is 5.82 Å². The van der Waals surface area contributed by atoms with Crippen LogP contribution in [-0.2, 0) is 9.22 Å².